The summed E-state index contributed by atoms with van der Waals surface area (Å²) in [7, 11) is 0. The lowest BCUT2D eigenvalue weighted by atomic mass is 9.94. The fourth-order valence-electron chi connectivity index (χ4n) is 3.45. The summed E-state index contributed by atoms with van der Waals surface area (Å²) >= 11 is 7.72. The maximum absolute atomic E-state index is 13.2. The minimum atomic E-state index is -0.475. The third-order valence-corrected chi connectivity index (χ3v) is 6.04. The van der Waals surface area contributed by atoms with E-state index < -0.39 is 4.92 Å². The number of nitro groups is 1. The van der Waals surface area contributed by atoms with Crippen LogP contribution in [0.5, 0.6) is 0 Å². The van der Waals surface area contributed by atoms with E-state index >= 15 is 0 Å². The third-order valence-electron chi connectivity index (χ3n) is 4.81. The van der Waals surface area contributed by atoms with E-state index in [9.17, 15) is 14.9 Å². The summed E-state index contributed by atoms with van der Waals surface area (Å²) in [5.41, 5.74) is 2.62. The molecule has 1 unspecified atom stereocenters. The first-order chi connectivity index (χ1) is 13.9. The van der Waals surface area contributed by atoms with E-state index in [1.165, 1.54) is 24.3 Å². The molecule has 29 heavy (non-hydrogen) atoms. The molecule has 2 aromatic carbocycles. The molecule has 148 valence electrons. The Balaban J connectivity index is 1.68. The van der Waals surface area contributed by atoms with Gasteiger partial charge in [0, 0.05) is 35.1 Å². The quantitative estimate of drug-likeness (QED) is 0.567. The van der Waals surface area contributed by atoms with Gasteiger partial charge in [-0.2, -0.15) is 0 Å². The number of fused-ring (bicyclic) bond motifs is 1. The Hall–Kier alpha value is -2.84. The molecule has 7 nitrogen and oxygen atoms in total. The number of carbonyl (C=O) groups is 1. The van der Waals surface area contributed by atoms with Crippen LogP contribution in [-0.4, -0.2) is 33.2 Å². The van der Waals surface area contributed by atoms with Crippen LogP contribution < -0.4 is 5.32 Å². The number of aliphatic imine (C=N–C) groups is 1. The van der Waals surface area contributed by atoms with Crippen LogP contribution in [0.4, 0.5) is 11.4 Å². The predicted octanol–water partition coefficient (Wildman–Crippen LogP) is 4.62. The van der Waals surface area contributed by atoms with Gasteiger partial charge in [0.25, 0.3) is 11.6 Å². The molecule has 0 bridgehead atoms. The minimum absolute atomic E-state index is 0.0292. The van der Waals surface area contributed by atoms with Gasteiger partial charge in [-0.1, -0.05) is 35.5 Å². The first-order valence-electron chi connectivity index (χ1n) is 8.94. The number of hydrogen-bond acceptors (Lipinski definition) is 6. The molecule has 2 aliphatic heterocycles. The highest BCUT2D eigenvalue weighted by atomic mass is 35.5. The number of carbonyl (C=O) groups excluding carboxylic acids is 1. The van der Waals surface area contributed by atoms with Crippen LogP contribution in [0, 0.1) is 10.1 Å². The summed E-state index contributed by atoms with van der Waals surface area (Å²) < 4.78 is 0. The van der Waals surface area contributed by atoms with Crippen LogP contribution in [0.1, 0.15) is 18.5 Å². The van der Waals surface area contributed by atoms with Crippen molar-refractivity contribution in [1.29, 1.82) is 0 Å². The molecule has 2 aromatic rings. The molecule has 1 saturated heterocycles. The number of amidine groups is 1. The number of thioether (sulfide) groups is 1. The highest BCUT2D eigenvalue weighted by Gasteiger charge is 2.38. The lowest BCUT2D eigenvalue weighted by Crippen LogP contribution is -2.37. The molecular formula is C20H17ClN4O3S. The van der Waals surface area contributed by atoms with Crippen molar-refractivity contribution < 1.29 is 9.72 Å². The van der Waals surface area contributed by atoms with Crippen molar-refractivity contribution in [3.05, 3.63) is 80.5 Å². The third kappa shape index (κ3) is 3.86. The summed E-state index contributed by atoms with van der Waals surface area (Å²) in [6.45, 7) is 2.62. The van der Waals surface area contributed by atoms with Crippen LogP contribution in [0.2, 0.25) is 5.02 Å². The number of nitro benzene ring substituents is 1. The standard InChI is InChI=1S/C20H17ClN4O3S/c1-12-17(19(26)23-15-6-8-16(9-7-15)25(27)28)18(13-2-4-14(21)5-3-13)24-10-11-29-20(24)22-12/h2-9,18H,10-11H2,1H3,(H,23,26). The molecule has 9 heteroatoms. The Morgan fingerprint density at radius 1 is 1.24 bits per heavy atom. The molecule has 0 aromatic heterocycles. The number of benzene rings is 2. The average Bonchev–Trinajstić information content (AvgIpc) is 3.16. The Morgan fingerprint density at radius 3 is 2.59 bits per heavy atom. The zero-order valence-electron chi connectivity index (χ0n) is 15.5. The summed E-state index contributed by atoms with van der Waals surface area (Å²) in [6, 6.07) is 13.0. The van der Waals surface area contributed by atoms with Crippen LogP contribution in [0.3, 0.4) is 0 Å². The molecule has 1 amide bonds. The molecule has 4 rings (SSSR count). The van der Waals surface area contributed by atoms with E-state index in [1.807, 2.05) is 31.2 Å². The van der Waals surface area contributed by atoms with Crippen LogP contribution in [0.15, 0.2) is 64.8 Å². The zero-order valence-corrected chi connectivity index (χ0v) is 17.0. The largest absolute Gasteiger partial charge is 0.339 e. The topological polar surface area (TPSA) is 87.8 Å². The Bertz CT molecular complexity index is 1030. The number of allylic oxidation sites excluding steroid dienone is 1. The number of amides is 1. The molecular weight excluding hydrogens is 412 g/mol. The van der Waals surface area contributed by atoms with Crippen molar-refractivity contribution in [2.24, 2.45) is 4.99 Å². The highest BCUT2D eigenvalue weighted by Crippen LogP contribution is 2.40. The van der Waals surface area contributed by atoms with E-state index in [4.69, 9.17) is 11.6 Å². The lowest BCUT2D eigenvalue weighted by molar-refractivity contribution is -0.384. The fourth-order valence-corrected chi connectivity index (χ4v) is 4.61. The monoisotopic (exact) mass is 428 g/mol. The Labute approximate surface area is 176 Å². The first-order valence-corrected chi connectivity index (χ1v) is 10.3. The van der Waals surface area contributed by atoms with Gasteiger partial charge in [0.15, 0.2) is 5.17 Å². The maximum atomic E-state index is 13.2. The number of rotatable bonds is 4. The number of nitrogens with zero attached hydrogens (tertiary/aromatic N) is 3. The number of nitrogens with one attached hydrogen (secondary N) is 1. The zero-order chi connectivity index (χ0) is 20.5. The van der Waals surface area contributed by atoms with E-state index in [1.54, 1.807) is 11.8 Å². The molecule has 0 radical (unpaired) electrons. The van der Waals surface area contributed by atoms with E-state index in [0.29, 0.717) is 22.0 Å². The fraction of sp³-hybridized carbons (Fsp3) is 0.200. The van der Waals surface area contributed by atoms with Gasteiger partial charge in [0.2, 0.25) is 0 Å². The Morgan fingerprint density at radius 2 is 1.93 bits per heavy atom. The molecule has 2 heterocycles. The summed E-state index contributed by atoms with van der Waals surface area (Å²) in [6.07, 6.45) is 0. The second-order valence-electron chi connectivity index (χ2n) is 6.65. The van der Waals surface area contributed by atoms with Gasteiger partial charge in [0.05, 0.1) is 22.2 Å². The molecule has 1 N–H and O–H groups in total. The van der Waals surface area contributed by atoms with Crippen molar-refractivity contribution in [1.82, 2.24) is 4.90 Å². The normalized spacial score (nSPS) is 18.3. The number of hydrogen-bond donors (Lipinski definition) is 1. The highest BCUT2D eigenvalue weighted by molar-refractivity contribution is 8.14. The van der Waals surface area contributed by atoms with E-state index in [-0.39, 0.29) is 17.6 Å². The number of anilines is 1. The summed E-state index contributed by atoms with van der Waals surface area (Å²) in [5, 5.41) is 15.2. The Kier molecular flexibility index (Phi) is 5.29. The average molecular weight is 429 g/mol. The number of halogens is 1. The molecule has 0 aliphatic carbocycles. The molecule has 1 fully saturated rings. The minimum Gasteiger partial charge on any atom is -0.339 e. The van der Waals surface area contributed by atoms with Gasteiger partial charge in [-0.15, -0.1) is 0 Å². The van der Waals surface area contributed by atoms with Crippen LogP contribution in [-0.2, 0) is 4.79 Å². The predicted molar refractivity (Wildman–Crippen MR) is 115 cm³/mol. The summed E-state index contributed by atoms with van der Waals surface area (Å²) in [4.78, 5) is 30.3. The van der Waals surface area contributed by atoms with Gasteiger partial charge < -0.3 is 10.2 Å². The van der Waals surface area contributed by atoms with E-state index in [2.05, 4.69) is 15.2 Å². The van der Waals surface area contributed by atoms with Crippen molar-refractivity contribution >= 4 is 45.8 Å². The van der Waals surface area contributed by atoms with Gasteiger partial charge in [0.1, 0.15) is 0 Å². The molecule has 2 aliphatic rings. The second-order valence-corrected chi connectivity index (χ2v) is 8.15. The lowest BCUT2D eigenvalue weighted by Gasteiger charge is -2.34. The van der Waals surface area contributed by atoms with E-state index in [0.717, 1.165) is 23.0 Å². The number of non-ortho nitro benzene ring substituents is 1. The van der Waals surface area contributed by atoms with Gasteiger partial charge in [-0.3, -0.25) is 14.9 Å². The van der Waals surface area contributed by atoms with Crippen molar-refractivity contribution in [3.63, 3.8) is 0 Å². The first kappa shape index (κ1) is 19.5. The molecule has 0 saturated carbocycles. The van der Waals surface area contributed by atoms with Gasteiger partial charge in [-0.25, -0.2) is 4.99 Å². The maximum Gasteiger partial charge on any atom is 0.269 e. The SMILES string of the molecule is CC1=C(C(=O)Nc2ccc([N+](=O)[O-])cc2)C(c2ccc(Cl)cc2)N2CCSC2=N1. The van der Waals surface area contributed by atoms with Crippen molar-refractivity contribution in [2.75, 3.05) is 17.6 Å². The van der Waals surface area contributed by atoms with Gasteiger partial charge in [-0.05, 0) is 36.8 Å². The molecule has 1 atom stereocenters. The molecule has 0 spiro atoms. The van der Waals surface area contributed by atoms with Crippen molar-refractivity contribution in [3.8, 4) is 0 Å². The summed E-state index contributed by atoms with van der Waals surface area (Å²) in [5.74, 6) is 0.629. The van der Waals surface area contributed by atoms with Crippen molar-refractivity contribution in [2.45, 2.75) is 13.0 Å². The smallest absolute Gasteiger partial charge is 0.269 e. The van der Waals surface area contributed by atoms with Crippen LogP contribution >= 0.6 is 23.4 Å². The van der Waals surface area contributed by atoms with Gasteiger partial charge >= 0.3 is 0 Å². The van der Waals surface area contributed by atoms with Crippen LogP contribution in [0.25, 0.3) is 0 Å². The second kappa shape index (κ2) is 7.88.